The summed E-state index contributed by atoms with van der Waals surface area (Å²) < 4.78 is 41.6. The van der Waals surface area contributed by atoms with E-state index in [-0.39, 0.29) is 0 Å². The second-order valence-corrected chi connectivity index (χ2v) is 2.52. The standard InChI is InChI=1S/C2F4.Pb/c3-1-2(4,5)6;. The van der Waals surface area contributed by atoms with Gasteiger partial charge < -0.3 is 0 Å². The molecule has 0 saturated heterocycles. The number of hydrogen-bond acceptors (Lipinski definition) is 0. The molecule has 0 nitrogen and oxygen atoms in total. The van der Waals surface area contributed by atoms with Gasteiger partial charge in [0.25, 0.3) is 0 Å². The van der Waals surface area contributed by atoms with Gasteiger partial charge in [-0.05, 0) is 0 Å². The summed E-state index contributed by atoms with van der Waals surface area (Å²) in [5.74, 6) is 0. The molecule has 0 spiro atoms. The first-order valence-electron chi connectivity index (χ1n) is 1.26. The molecule has 0 aliphatic carbocycles. The quantitative estimate of drug-likeness (QED) is 0.459. The summed E-state index contributed by atoms with van der Waals surface area (Å²) in [7, 11) is 0. The maximum atomic E-state index is 11.1. The summed E-state index contributed by atoms with van der Waals surface area (Å²) in [5.41, 5.74) is 0. The normalized spacial score (nSPS) is 11.4. The first-order valence-corrected chi connectivity index (χ1v) is 3.20. The average Bonchev–Trinajstić information content (AvgIpc) is 1.31. The van der Waals surface area contributed by atoms with E-state index < -0.39 is 34.8 Å². The van der Waals surface area contributed by atoms with Gasteiger partial charge in [0, 0.05) is 0 Å². The molecule has 0 aromatic carbocycles. The Kier molecular flexibility index (Phi) is 2.35. The first kappa shape index (κ1) is 7.51. The van der Waals surface area contributed by atoms with Crippen molar-refractivity contribution >= 4 is 28.6 Å². The summed E-state index contributed by atoms with van der Waals surface area (Å²) in [6.45, 7) is 0. The van der Waals surface area contributed by atoms with Crippen molar-refractivity contribution < 1.29 is 17.6 Å². The Morgan fingerprint density at radius 3 is 1.43 bits per heavy atom. The third-order valence-electron chi connectivity index (χ3n) is 0.249. The summed E-state index contributed by atoms with van der Waals surface area (Å²) >= 11 is -0.547. The molecule has 0 atom stereocenters. The predicted octanol–water partition coefficient (Wildman–Crippen LogP) is 0.817. The molecule has 0 aromatic rings. The SMILES string of the molecule is F[C](=[Pb])C(F)(F)F. The molecule has 0 aromatic heterocycles. The molecule has 0 saturated carbocycles. The molecule has 0 heterocycles. The van der Waals surface area contributed by atoms with Crippen LogP contribution < -0.4 is 0 Å². The maximum absolute atomic E-state index is 11.1. The fourth-order valence-corrected chi connectivity index (χ4v) is 0. The van der Waals surface area contributed by atoms with Crippen LogP contribution in [0, 0.1) is 0 Å². The van der Waals surface area contributed by atoms with Crippen LogP contribution in [0.5, 0.6) is 0 Å². The van der Waals surface area contributed by atoms with Crippen molar-refractivity contribution in [1.29, 1.82) is 0 Å². The van der Waals surface area contributed by atoms with Crippen molar-refractivity contribution in [2.75, 3.05) is 0 Å². The number of halogens is 4. The molecular weight excluding hydrogens is 307 g/mol. The van der Waals surface area contributed by atoms with Crippen molar-refractivity contribution in [3.05, 3.63) is 0 Å². The Labute approximate surface area is 52.7 Å². The zero-order valence-corrected chi connectivity index (χ0v) is 6.90. The predicted molar refractivity (Wildman–Crippen MR) is 17.9 cm³/mol. The van der Waals surface area contributed by atoms with Crippen molar-refractivity contribution in [3.63, 3.8) is 0 Å². The minimum atomic E-state index is -4.69. The zero-order valence-electron chi connectivity index (χ0n) is 3.01. The van der Waals surface area contributed by atoms with Gasteiger partial charge in [0.15, 0.2) is 0 Å². The Hall–Kier alpha value is 0.512. The van der Waals surface area contributed by atoms with E-state index in [2.05, 4.69) is 0 Å². The Morgan fingerprint density at radius 1 is 1.29 bits per heavy atom. The van der Waals surface area contributed by atoms with Crippen LogP contribution in [0.2, 0.25) is 0 Å². The molecule has 0 bridgehead atoms. The second-order valence-electron chi connectivity index (χ2n) is 0.812. The van der Waals surface area contributed by atoms with E-state index in [1.54, 1.807) is 0 Å². The zero-order chi connectivity index (χ0) is 6.08. The monoisotopic (exact) mass is 308 g/mol. The van der Waals surface area contributed by atoms with Gasteiger partial charge in [0.2, 0.25) is 0 Å². The average molecular weight is 307 g/mol. The van der Waals surface area contributed by atoms with E-state index in [0.717, 1.165) is 0 Å². The van der Waals surface area contributed by atoms with Gasteiger partial charge in [-0.2, -0.15) is 0 Å². The van der Waals surface area contributed by atoms with Crippen molar-refractivity contribution in [2.24, 2.45) is 0 Å². The summed E-state index contributed by atoms with van der Waals surface area (Å²) in [6.07, 6.45) is -4.69. The van der Waals surface area contributed by atoms with E-state index in [0.29, 0.717) is 0 Å². The van der Waals surface area contributed by atoms with E-state index in [4.69, 9.17) is 0 Å². The van der Waals surface area contributed by atoms with Gasteiger partial charge >= 0.3 is 52.3 Å². The molecule has 0 aliphatic rings. The van der Waals surface area contributed by atoms with Crippen LogP contribution in [-0.4, -0.2) is 34.8 Å². The molecule has 0 amide bonds. The van der Waals surface area contributed by atoms with Crippen LogP contribution in [0.1, 0.15) is 0 Å². The van der Waals surface area contributed by atoms with Crippen LogP contribution in [0.4, 0.5) is 17.6 Å². The van der Waals surface area contributed by atoms with Crippen molar-refractivity contribution in [2.45, 2.75) is 6.18 Å². The third-order valence-corrected chi connectivity index (χ3v) is 1.35. The number of alkyl halides is 3. The Morgan fingerprint density at radius 2 is 1.43 bits per heavy atom. The van der Waals surface area contributed by atoms with Gasteiger partial charge in [0.1, 0.15) is 0 Å². The fraction of sp³-hybridized carbons (Fsp3) is 0.500. The van der Waals surface area contributed by atoms with Crippen LogP contribution >= 0.6 is 0 Å². The molecule has 2 radical (unpaired) electrons. The topological polar surface area (TPSA) is 0 Å². The van der Waals surface area contributed by atoms with Gasteiger partial charge in [-0.3, -0.25) is 0 Å². The van der Waals surface area contributed by atoms with Crippen LogP contribution in [0.25, 0.3) is 0 Å². The second kappa shape index (κ2) is 2.19. The van der Waals surface area contributed by atoms with Crippen LogP contribution in [0.15, 0.2) is 0 Å². The molecule has 0 unspecified atom stereocenters. The molecule has 0 N–H and O–H groups in total. The molecule has 5 heteroatoms. The number of rotatable bonds is 0. The van der Waals surface area contributed by atoms with Gasteiger partial charge in [-0.15, -0.1) is 0 Å². The third kappa shape index (κ3) is 3.13. The van der Waals surface area contributed by atoms with Gasteiger partial charge in [0.05, 0.1) is 0 Å². The molecule has 40 valence electrons. The van der Waals surface area contributed by atoms with E-state index in [1.807, 2.05) is 0 Å². The van der Waals surface area contributed by atoms with Crippen molar-refractivity contribution in [1.82, 2.24) is 0 Å². The van der Waals surface area contributed by atoms with E-state index >= 15 is 0 Å². The molecule has 7 heavy (non-hydrogen) atoms. The number of hydrogen-bond donors (Lipinski definition) is 0. The minimum absolute atomic E-state index is 0.547. The summed E-state index contributed by atoms with van der Waals surface area (Å²) in [5, 5.41) is 0. The van der Waals surface area contributed by atoms with E-state index in [9.17, 15) is 17.6 Å². The summed E-state index contributed by atoms with van der Waals surface area (Å²) in [6, 6.07) is 0. The van der Waals surface area contributed by atoms with E-state index in [1.165, 1.54) is 0 Å². The van der Waals surface area contributed by atoms with Crippen LogP contribution in [-0.2, 0) is 0 Å². The first-order chi connectivity index (χ1) is 2.94. The van der Waals surface area contributed by atoms with Gasteiger partial charge in [-0.1, -0.05) is 0 Å². The Bertz CT molecular complexity index is 82.2. The summed E-state index contributed by atoms with van der Waals surface area (Å²) in [4.78, 5) is 0. The molecule has 0 aliphatic heterocycles. The van der Waals surface area contributed by atoms with Crippen LogP contribution in [0.3, 0.4) is 0 Å². The van der Waals surface area contributed by atoms with Gasteiger partial charge in [-0.25, -0.2) is 0 Å². The van der Waals surface area contributed by atoms with Crippen molar-refractivity contribution in [3.8, 4) is 0 Å². The molecular formula is C2F4Pb. The molecule has 0 rings (SSSR count). The Balaban J connectivity index is 3.79. The molecule has 0 fully saturated rings. The fourth-order valence-electron chi connectivity index (χ4n) is 0.